The van der Waals surface area contributed by atoms with Crippen LogP contribution in [-0.2, 0) is 10.9 Å². The summed E-state index contributed by atoms with van der Waals surface area (Å²) >= 11 is 5.71. The topological polar surface area (TPSA) is 75.8 Å². The van der Waals surface area contributed by atoms with Crippen LogP contribution < -0.4 is 4.90 Å². The molecule has 1 saturated heterocycles. The van der Waals surface area contributed by atoms with E-state index in [0.717, 1.165) is 6.07 Å². The van der Waals surface area contributed by atoms with Crippen LogP contribution in [0.1, 0.15) is 18.9 Å². The van der Waals surface area contributed by atoms with Gasteiger partial charge in [0.25, 0.3) is 5.69 Å². The molecule has 10 heteroatoms. The molecule has 2 rings (SSSR count). The van der Waals surface area contributed by atoms with Crippen LogP contribution in [0.25, 0.3) is 0 Å². The summed E-state index contributed by atoms with van der Waals surface area (Å²) in [6, 6.07) is 1.01. The second-order valence-corrected chi connectivity index (χ2v) is 5.99. The van der Waals surface area contributed by atoms with Crippen LogP contribution in [0.4, 0.5) is 24.5 Å². The lowest BCUT2D eigenvalue weighted by Gasteiger charge is -2.37. The predicted octanol–water partition coefficient (Wildman–Crippen LogP) is 3.24. The van der Waals surface area contributed by atoms with E-state index in [1.165, 1.54) is 0 Å². The Morgan fingerprint density at radius 3 is 2.75 bits per heavy atom. The number of ether oxygens (including phenoxy) is 1. The molecule has 2 atom stereocenters. The summed E-state index contributed by atoms with van der Waals surface area (Å²) in [5.74, 6) is 0. The number of hydrogen-bond donors (Lipinski definition) is 1. The fourth-order valence-electron chi connectivity index (χ4n) is 2.71. The number of nitro groups is 1. The number of hydrogen-bond acceptors (Lipinski definition) is 5. The highest BCUT2D eigenvalue weighted by Crippen LogP contribution is 2.42. The Morgan fingerprint density at radius 2 is 2.21 bits per heavy atom. The first-order valence-electron chi connectivity index (χ1n) is 7.19. The Kier molecular flexibility index (Phi) is 5.56. The number of morpholine rings is 1. The normalized spacial score (nSPS) is 20.1. The van der Waals surface area contributed by atoms with E-state index < -0.39 is 39.5 Å². The number of halogens is 4. The summed E-state index contributed by atoms with van der Waals surface area (Å²) in [5, 5.41) is 20.2. The van der Waals surface area contributed by atoms with Gasteiger partial charge in [-0.2, -0.15) is 13.2 Å². The fraction of sp³-hybridized carbons (Fsp3) is 0.571. The lowest BCUT2D eigenvalue weighted by Crippen LogP contribution is -2.47. The first-order valence-corrected chi connectivity index (χ1v) is 7.56. The number of nitro benzene ring substituents is 1. The highest BCUT2D eigenvalue weighted by atomic mass is 35.5. The third-order valence-corrected chi connectivity index (χ3v) is 4.03. The molecule has 0 bridgehead atoms. The third-order valence-electron chi connectivity index (χ3n) is 3.72. The quantitative estimate of drug-likeness (QED) is 0.652. The van der Waals surface area contributed by atoms with Crippen molar-refractivity contribution in [2.24, 2.45) is 0 Å². The van der Waals surface area contributed by atoms with Crippen molar-refractivity contribution in [3.05, 3.63) is 32.8 Å². The molecule has 1 N–H and O–H groups in total. The first-order chi connectivity index (χ1) is 11.1. The Hall–Kier alpha value is -1.58. The monoisotopic (exact) mass is 368 g/mol. The van der Waals surface area contributed by atoms with E-state index >= 15 is 0 Å². The molecule has 1 aliphatic heterocycles. The number of aliphatic hydroxyl groups excluding tert-OH is 1. The minimum absolute atomic E-state index is 0.00745. The van der Waals surface area contributed by atoms with Gasteiger partial charge in [0.2, 0.25) is 0 Å². The summed E-state index contributed by atoms with van der Waals surface area (Å²) < 4.78 is 44.1. The fourth-order valence-corrected chi connectivity index (χ4v) is 2.97. The van der Waals surface area contributed by atoms with E-state index in [0.29, 0.717) is 6.07 Å². The number of aliphatic hydroxyl groups is 1. The van der Waals surface area contributed by atoms with E-state index in [-0.39, 0.29) is 31.9 Å². The van der Waals surface area contributed by atoms with Gasteiger partial charge in [-0.25, -0.2) is 0 Å². The highest BCUT2D eigenvalue weighted by molar-refractivity contribution is 6.31. The van der Waals surface area contributed by atoms with Gasteiger partial charge in [-0.05, 0) is 19.4 Å². The van der Waals surface area contributed by atoms with Gasteiger partial charge < -0.3 is 14.7 Å². The van der Waals surface area contributed by atoms with Crippen molar-refractivity contribution in [3.8, 4) is 0 Å². The average molecular weight is 369 g/mol. The molecule has 1 fully saturated rings. The second kappa shape index (κ2) is 7.12. The number of anilines is 1. The SMILES string of the molecule is CC(O)CC1COCCN1c1cc(Cl)c(C(F)(F)F)cc1[N+](=O)[O-]. The molecule has 1 aromatic carbocycles. The van der Waals surface area contributed by atoms with Crippen molar-refractivity contribution < 1.29 is 27.9 Å². The molecule has 1 heterocycles. The molecular formula is C14H16ClF3N2O4. The van der Waals surface area contributed by atoms with Crippen LogP contribution in [-0.4, -0.2) is 41.9 Å². The van der Waals surface area contributed by atoms with Crippen LogP contribution in [0.3, 0.4) is 0 Å². The van der Waals surface area contributed by atoms with Crippen molar-refractivity contribution in [1.29, 1.82) is 0 Å². The molecule has 1 aromatic rings. The summed E-state index contributed by atoms with van der Waals surface area (Å²) in [7, 11) is 0. The van der Waals surface area contributed by atoms with Crippen LogP contribution in [0.5, 0.6) is 0 Å². The van der Waals surface area contributed by atoms with E-state index in [2.05, 4.69) is 0 Å². The summed E-state index contributed by atoms with van der Waals surface area (Å²) in [6.45, 7) is 2.29. The molecular weight excluding hydrogens is 353 g/mol. The number of rotatable bonds is 4. The Balaban J connectivity index is 2.51. The Labute approximate surface area is 140 Å². The van der Waals surface area contributed by atoms with Gasteiger partial charge in [0.15, 0.2) is 0 Å². The highest BCUT2D eigenvalue weighted by Gasteiger charge is 2.38. The lowest BCUT2D eigenvalue weighted by atomic mass is 10.0. The van der Waals surface area contributed by atoms with E-state index in [1.807, 2.05) is 0 Å². The van der Waals surface area contributed by atoms with Gasteiger partial charge in [0, 0.05) is 12.6 Å². The Morgan fingerprint density at radius 1 is 1.54 bits per heavy atom. The molecule has 0 radical (unpaired) electrons. The van der Waals surface area contributed by atoms with Gasteiger partial charge >= 0.3 is 6.18 Å². The maximum absolute atomic E-state index is 12.9. The zero-order valence-electron chi connectivity index (χ0n) is 12.7. The van der Waals surface area contributed by atoms with Gasteiger partial charge in [-0.3, -0.25) is 10.1 Å². The predicted molar refractivity (Wildman–Crippen MR) is 81.4 cm³/mol. The van der Waals surface area contributed by atoms with Gasteiger partial charge in [-0.1, -0.05) is 11.6 Å². The summed E-state index contributed by atoms with van der Waals surface area (Å²) in [4.78, 5) is 12.0. The minimum Gasteiger partial charge on any atom is -0.393 e. The van der Waals surface area contributed by atoms with Crippen molar-refractivity contribution in [2.75, 3.05) is 24.7 Å². The van der Waals surface area contributed by atoms with Gasteiger partial charge in [0.05, 0.1) is 40.9 Å². The zero-order valence-corrected chi connectivity index (χ0v) is 13.5. The van der Waals surface area contributed by atoms with Crippen LogP contribution >= 0.6 is 11.6 Å². The molecule has 0 aromatic heterocycles. The molecule has 24 heavy (non-hydrogen) atoms. The first kappa shape index (κ1) is 18.8. The molecule has 0 aliphatic carbocycles. The second-order valence-electron chi connectivity index (χ2n) is 5.58. The van der Waals surface area contributed by atoms with Gasteiger partial charge in [0.1, 0.15) is 5.69 Å². The molecule has 134 valence electrons. The number of benzene rings is 1. The van der Waals surface area contributed by atoms with Crippen molar-refractivity contribution >= 4 is 23.0 Å². The largest absolute Gasteiger partial charge is 0.418 e. The van der Waals surface area contributed by atoms with Crippen LogP contribution in [0.2, 0.25) is 5.02 Å². The lowest BCUT2D eigenvalue weighted by molar-refractivity contribution is -0.384. The van der Waals surface area contributed by atoms with Crippen LogP contribution in [0.15, 0.2) is 12.1 Å². The smallest absolute Gasteiger partial charge is 0.393 e. The maximum atomic E-state index is 12.9. The molecule has 1 aliphatic rings. The minimum atomic E-state index is -4.79. The summed E-state index contributed by atoms with van der Waals surface area (Å²) in [6.07, 6.45) is -5.22. The summed E-state index contributed by atoms with van der Waals surface area (Å²) in [5.41, 5.74) is -1.93. The van der Waals surface area contributed by atoms with Crippen molar-refractivity contribution in [1.82, 2.24) is 0 Å². The van der Waals surface area contributed by atoms with Crippen molar-refractivity contribution in [2.45, 2.75) is 31.7 Å². The van der Waals surface area contributed by atoms with Crippen LogP contribution in [0, 0.1) is 10.1 Å². The standard InChI is InChI=1S/C14H16ClF3N2O4/c1-8(21)4-9-7-24-3-2-19(9)12-6-11(15)10(14(16,17)18)5-13(12)20(22)23/h5-6,8-9,21H,2-4,7H2,1H3. The third kappa shape index (κ3) is 4.08. The van der Waals surface area contributed by atoms with Crippen molar-refractivity contribution in [3.63, 3.8) is 0 Å². The molecule has 6 nitrogen and oxygen atoms in total. The van der Waals surface area contributed by atoms with E-state index in [9.17, 15) is 28.4 Å². The van der Waals surface area contributed by atoms with E-state index in [4.69, 9.17) is 16.3 Å². The number of alkyl halides is 3. The Bertz CT molecular complexity index is 625. The van der Waals surface area contributed by atoms with Gasteiger partial charge in [-0.15, -0.1) is 0 Å². The molecule has 0 saturated carbocycles. The molecule has 2 unspecified atom stereocenters. The van der Waals surface area contributed by atoms with E-state index in [1.54, 1.807) is 11.8 Å². The average Bonchev–Trinajstić information content (AvgIpc) is 2.45. The zero-order chi connectivity index (χ0) is 18.1. The molecule has 0 amide bonds. The maximum Gasteiger partial charge on any atom is 0.418 e. The molecule has 0 spiro atoms. The number of nitrogens with zero attached hydrogens (tertiary/aromatic N) is 2.